The highest BCUT2D eigenvalue weighted by molar-refractivity contribution is 14.2. The highest BCUT2D eigenvalue weighted by atomic mass is 127. The molecule has 0 spiro atoms. The number of fused-ring (bicyclic) bond motifs is 1. The predicted molar refractivity (Wildman–Crippen MR) is 145 cm³/mol. The van der Waals surface area contributed by atoms with E-state index in [0.29, 0.717) is 17.8 Å². The van der Waals surface area contributed by atoms with Crippen LogP contribution in [0.2, 0.25) is 0 Å². The fraction of sp³-hybridized carbons (Fsp3) is 0.375. The van der Waals surface area contributed by atoms with Crippen molar-refractivity contribution in [2.45, 2.75) is 32.2 Å². The summed E-state index contributed by atoms with van der Waals surface area (Å²) in [5.74, 6) is 1.23. The summed E-state index contributed by atoms with van der Waals surface area (Å²) < 4.78 is 15.2. The van der Waals surface area contributed by atoms with E-state index in [0.717, 1.165) is 65.6 Å². The SMILES string of the molecule is CCc1c(-c2ccc(OC)nc2)c2cc(-c3cn(C4CCNCC4)nc3OC)cnc2n1SI. The molecule has 0 aromatic carbocycles. The van der Waals surface area contributed by atoms with E-state index in [-0.39, 0.29) is 0 Å². The standard InChI is InChI=1S/C24H27IN6O2S/c1-4-20-22(15-5-6-21(32-2)27-12-15)18-11-16(13-28-23(18)31(20)34-25)19-14-30(29-24(19)33-3)17-7-9-26-10-8-17/h5-6,11-14,17,26H,4,7-10H2,1-3H3. The van der Waals surface area contributed by atoms with Crippen LogP contribution in [0.25, 0.3) is 33.3 Å². The Labute approximate surface area is 215 Å². The van der Waals surface area contributed by atoms with Gasteiger partial charge in [-0.2, -0.15) is 0 Å². The first-order valence-corrected chi connectivity index (χ1v) is 14.7. The number of ether oxygens (including phenoxy) is 2. The number of halogens is 1. The first kappa shape index (κ1) is 23.4. The van der Waals surface area contributed by atoms with E-state index in [9.17, 15) is 0 Å². The zero-order chi connectivity index (χ0) is 23.7. The van der Waals surface area contributed by atoms with E-state index in [1.807, 2.05) is 18.5 Å². The summed E-state index contributed by atoms with van der Waals surface area (Å²) in [4.78, 5) is 9.36. The molecule has 10 heteroatoms. The van der Waals surface area contributed by atoms with Gasteiger partial charge in [0.25, 0.3) is 0 Å². The lowest BCUT2D eigenvalue weighted by molar-refractivity contribution is 0.327. The first-order chi connectivity index (χ1) is 16.7. The second-order valence-electron chi connectivity index (χ2n) is 8.24. The second-order valence-corrected chi connectivity index (χ2v) is 9.92. The fourth-order valence-corrected chi connectivity index (χ4v) is 6.47. The summed E-state index contributed by atoms with van der Waals surface area (Å²) in [5, 5.41) is 9.27. The molecule has 5 rings (SSSR count). The zero-order valence-electron chi connectivity index (χ0n) is 19.4. The van der Waals surface area contributed by atoms with E-state index in [4.69, 9.17) is 19.6 Å². The molecule has 178 valence electrons. The number of nitrogens with zero attached hydrogens (tertiary/aromatic N) is 5. The van der Waals surface area contributed by atoms with Crippen LogP contribution >= 0.6 is 30.3 Å². The molecule has 4 aromatic rings. The first-order valence-electron chi connectivity index (χ1n) is 11.4. The van der Waals surface area contributed by atoms with Gasteiger partial charge in [0.2, 0.25) is 11.8 Å². The van der Waals surface area contributed by atoms with Crippen LogP contribution in [0.1, 0.15) is 31.5 Å². The molecule has 1 saturated heterocycles. The van der Waals surface area contributed by atoms with Gasteiger partial charge < -0.3 is 14.8 Å². The highest BCUT2D eigenvalue weighted by Gasteiger charge is 2.23. The molecule has 0 saturated carbocycles. The topological polar surface area (TPSA) is 79.0 Å². The Morgan fingerprint density at radius 2 is 1.91 bits per heavy atom. The van der Waals surface area contributed by atoms with Gasteiger partial charge >= 0.3 is 0 Å². The molecule has 5 heterocycles. The van der Waals surface area contributed by atoms with Gasteiger partial charge in [0.1, 0.15) is 0 Å². The molecule has 0 aliphatic carbocycles. The van der Waals surface area contributed by atoms with Crippen molar-refractivity contribution < 1.29 is 9.47 Å². The molecule has 0 radical (unpaired) electrons. The lowest BCUT2D eigenvalue weighted by atomic mass is 10.0. The van der Waals surface area contributed by atoms with Gasteiger partial charge in [0.05, 0.1) is 25.8 Å². The summed E-state index contributed by atoms with van der Waals surface area (Å²) in [6, 6.07) is 6.55. The molecule has 8 nitrogen and oxygen atoms in total. The lowest BCUT2D eigenvalue weighted by Gasteiger charge is -2.22. The van der Waals surface area contributed by atoms with Crippen molar-refractivity contribution in [3.63, 3.8) is 0 Å². The van der Waals surface area contributed by atoms with E-state index in [1.165, 1.54) is 5.69 Å². The van der Waals surface area contributed by atoms with Crippen molar-refractivity contribution in [1.29, 1.82) is 0 Å². The molecule has 0 atom stereocenters. The Bertz CT molecular complexity index is 1300. The molecular weight excluding hydrogens is 563 g/mol. The summed E-state index contributed by atoms with van der Waals surface area (Å²) in [6.45, 7) is 4.19. The zero-order valence-corrected chi connectivity index (χ0v) is 22.4. The third-order valence-electron chi connectivity index (χ3n) is 6.39. The van der Waals surface area contributed by atoms with Gasteiger partial charge in [-0.05, 0) is 44.5 Å². The molecule has 1 aliphatic rings. The average molecular weight is 590 g/mol. The largest absolute Gasteiger partial charge is 0.481 e. The Morgan fingerprint density at radius 3 is 2.56 bits per heavy atom. The summed E-state index contributed by atoms with van der Waals surface area (Å²) in [7, 11) is 4.95. The number of nitrogens with one attached hydrogen (secondary N) is 1. The van der Waals surface area contributed by atoms with Crippen molar-refractivity contribution in [1.82, 2.24) is 29.0 Å². The third kappa shape index (κ3) is 4.16. The Morgan fingerprint density at radius 1 is 1.12 bits per heavy atom. The number of aromatic nitrogens is 5. The molecule has 0 bridgehead atoms. The maximum Gasteiger partial charge on any atom is 0.240 e. The molecule has 1 fully saturated rings. The number of rotatable bonds is 7. The van der Waals surface area contributed by atoms with Gasteiger partial charge in [-0.1, -0.05) is 6.92 Å². The van der Waals surface area contributed by atoms with E-state index in [2.05, 4.69) is 65.4 Å². The van der Waals surface area contributed by atoms with Crippen molar-refractivity contribution in [3.05, 3.63) is 42.5 Å². The van der Waals surface area contributed by atoms with Gasteiger partial charge in [-0.15, -0.1) is 5.10 Å². The number of hydrogen-bond acceptors (Lipinski definition) is 7. The number of pyridine rings is 2. The molecule has 1 N–H and O–H groups in total. The monoisotopic (exact) mass is 590 g/mol. The minimum atomic E-state index is 0.379. The second kappa shape index (κ2) is 10.1. The smallest absolute Gasteiger partial charge is 0.240 e. The van der Waals surface area contributed by atoms with Crippen LogP contribution in [0.5, 0.6) is 11.8 Å². The molecule has 34 heavy (non-hydrogen) atoms. The maximum atomic E-state index is 5.69. The summed E-state index contributed by atoms with van der Waals surface area (Å²) in [5.41, 5.74) is 6.30. The van der Waals surface area contributed by atoms with E-state index < -0.39 is 0 Å². The molecule has 0 unspecified atom stereocenters. The summed E-state index contributed by atoms with van der Waals surface area (Å²) >= 11 is 2.32. The quantitative estimate of drug-likeness (QED) is 0.292. The molecule has 0 amide bonds. The normalized spacial score (nSPS) is 14.6. The molecular formula is C24H27IN6O2S. The van der Waals surface area contributed by atoms with Crippen molar-refractivity contribution >= 4 is 41.4 Å². The number of methoxy groups -OCH3 is 2. The van der Waals surface area contributed by atoms with Crippen LogP contribution in [-0.2, 0) is 6.42 Å². The van der Waals surface area contributed by atoms with Crippen LogP contribution in [0.3, 0.4) is 0 Å². The summed E-state index contributed by atoms with van der Waals surface area (Å²) in [6.07, 6.45) is 8.90. The van der Waals surface area contributed by atoms with Crippen LogP contribution in [0, 0.1) is 0 Å². The van der Waals surface area contributed by atoms with Gasteiger partial charge in [-0.3, -0.25) is 8.65 Å². The molecule has 1 aliphatic heterocycles. The average Bonchev–Trinajstić information content (AvgIpc) is 3.47. The van der Waals surface area contributed by atoms with Gasteiger partial charge in [-0.25, -0.2) is 9.97 Å². The van der Waals surface area contributed by atoms with Gasteiger partial charge in [0, 0.05) is 82.8 Å². The highest BCUT2D eigenvalue weighted by Crippen LogP contribution is 2.41. The van der Waals surface area contributed by atoms with Gasteiger partial charge in [0.15, 0.2) is 5.65 Å². The van der Waals surface area contributed by atoms with Crippen LogP contribution in [0.4, 0.5) is 0 Å². The van der Waals surface area contributed by atoms with Crippen LogP contribution in [0.15, 0.2) is 36.8 Å². The molecule has 4 aromatic heterocycles. The van der Waals surface area contributed by atoms with E-state index in [1.54, 1.807) is 23.3 Å². The van der Waals surface area contributed by atoms with Crippen molar-refractivity contribution in [2.75, 3.05) is 27.3 Å². The van der Waals surface area contributed by atoms with E-state index >= 15 is 0 Å². The van der Waals surface area contributed by atoms with Crippen LogP contribution in [-0.4, -0.2) is 51.0 Å². The van der Waals surface area contributed by atoms with Crippen LogP contribution < -0.4 is 14.8 Å². The minimum absolute atomic E-state index is 0.379. The maximum absolute atomic E-state index is 5.69. The lowest BCUT2D eigenvalue weighted by Crippen LogP contribution is -2.29. The third-order valence-corrected chi connectivity index (χ3v) is 8.10. The fourth-order valence-electron chi connectivity index (χ4n) is 4.68. The number of piperidine rings is 1. The minimum Gasteiger partial charge on any atom is -0.481 e. The van der Waals surface area contributed by atoms with Crippen molar-refractivity contribution in [3.8, 4) is 34.0 Å². The van der Waals surface area contributed by atoms with Crippen molar-refractivity contribution in [2.24, 2.45) is 0 Å². The predicted octanol–water partition coefficient (Wildman–Crippen LogP) is 5.31. The Kier molecular flexibility index (Phi) is 6.98. The Hall–Kier alpha value is -2.31. The Balaban J connectivity index is 1.66. The number of hydrogen-bond donors (Lipinski definition) is 1.